The molecule has 0 aromatic carbocycles. The molecule has 0 heterocycles. The topological polar surface area (TPSA) is 20.2 Å². The van der Waals surface area contributed by atoms with Gasteiger partial charge in [-0.25, -0.2) is 0 Å². The molecular weight excluding hydrogens is 120 g/mol. The van der Waals surface area contributed by atoms with E-state index in [0.29, 0.717) is 5.92 Å². The van der Waals surface area contributed by atoms with Gasteiger partial charge in [-0.15, -0.1) is 0 Å². The maximum Gasteiger partial charge on any atom is 0.0877 e. The Hall–Kier alpha value is 0.0500. The predicted molar refractivity (Wildman–Crippen MR) is 37.0 cm³/mol. The van der Waals surface area contributed by atoms with E-state index < -0.39 is 0 Å². The quantitative estimate of drug-likeness (QED) is 0.566. The van der Waals surface area contributed by atoms with Crippen LogP contribution in [0.25, 0.3) is 0 Å². The van der Waals surface area contributed by atoms with Crippen molar-refractivity contribution in [2.75, 3.05) is 0 Å². The minimum Gasteiger partial charge on any atom is -0.388 e. The van der Waals surface area contributed by atoms with E-state index in [-0.39, 0.29) is 6.10 Å². The minimum atomic E-state index is -0.287. The second-order valence-corrected chi connectivity index (χ2v) is 3.04. The maximum atomic E-state index is 9.12. The lowest BCUT2D eigenvalue weighted by Gasteiger charge is -2.03. The van der Waals surface area contributed by atoms with Crippen LogP contribution in [-0.4, -0.2) is 16.1 Å². The van der Waals surface area contributed by atoms with Gasteiger partial charge in [0.05, 0.1) is 6.10 Å². The molecule has 0 amide bonds. The number of aliphatic hydroxyl groups excluding tert-OH is 1. The Morgan fingerprint density at radius 3 is 2.38 bits per heavy atom. The molecule has 46 valence electrons. The normalized spacial score (nSPS) is 22.8. The molecule has 8 heavy (non-hydrogen) atoms. The molecule has 0 saturated heterocycles. The SMILES string of the molecule is CC(=S)C(O)C1CC1. The van der Waals surface area contributed by atoms with Crippen molar-refractivity contribution in [2.24, 2.45) is 5.92 Å². The first kappa shape index (κ1) is 6.17. The van der Waals surface area contributed by atoms with E-state index in [2.05, 4.69) is 0 Å². The van der Waals surface area contributed by atoms with Crippen molar-refractivity contribution in [3.05, 3.63) is 0 Å². The molecule has 1 atom stereocenters. The van der Waals surface area contributed by atoms with E-state index >= 15 is 0 Å². The van der Waals surface area contributed by atoms with Crippen LogP contribution in [0, 0.1) is 5.92 Å². The molecule has 0 spiro atoms. The molecule has 0 aromatic heterocycles. The van der Waals surface area contributed by atoms with Crippen LogP contribution in [0.4, 0.5) is 0 Å². The summed E-state index contributed by atoms with van der Waals surface area (Å²) >= 11 is 4.78. The second-order valence-electron chi connectivity index (χ2n) is 2.39. The summed E-state index contributed by atoms with van der Waals surface area (Å²) in [5.41, 5.74) is 0. The van der Waals surface area contributed by atoms with Gasteiger partial charge in [0, 0.05) is 4.86 Å². The number of hydrogen-bond donors (Lipinski definition) is 1. The Bertz CT molecular complexity index is 107. The van der Waals surface area contributed by atoms with Crippen LogP contribution < -0.4 is 0 Å². The Morgan fingerprint density at radius 1 is 1.75 bits per heavy atom. The van der Waals surface area contributed by atoms with Crippen LogP contribution in [0.3, 0.4) is 0 Å². The first-order valence-electron chi connectivity index (χ1n) is 2.90. The van der Waals surface area contributed by atoms with Crippen molar-refractivity contribution in [2.45, 2.75) is 25.9 Å². The summed E-state index contributed by atoms with van der Waals surface area (Å²) in [6, 6.07) is 0. The van der Waals surface area contributed by atoms with Crippen LogP contribution in [0.1, 0.15) is 19.8 Å². The fraction of sp³-hybridized carbons (Fsp3) is 0.833. The molecule has 0 aliphatic heterocycles. The van der Waals surface area contributed by atoms with Crippen molar-refractivity contribution in [1.29, 1.82) is 0 Å². The van der Waals surface area contributed by atoms with Crippen LogP contribution in [-0.2, 0) is 0 Å². The van der Waals surface area contributed by atoms with Crippen LogP contribution in [0.2, 0.25) is 0 Å². The number of rotatable bonds is 2. The van der Waals surface area contributed by atoms with Gasteiger partial charge in [-0.3, -0.25) is 0 Å². The zero-order chi connectivity index (χ0) is 6.15. The molecule has 1 rings (SSSR count). The Balaban J connectivity index is 2.32. The lowest BCUT2D eigenvalue weighted by molar-refractivity contribution is 0.220. The second kappa shape index (κ2) is 2.11. The van der Waals surface area contributed by atoms with E-state index in [0.717, 1.165) is 17.7 Å². The van der Waals surface area contributed by atoms with Crippen LogP contribution in [0.15, 0.2) is 0 Å². The molecule has 0 bridgehead atoms. The fourth-order valence-corrected chi connectivity index (χ4v) is 0.936. The Kier molecular flexibility index (Phi) is 1.63. The molecule has 1 aliphatic carbocycles. The molecule has 1 aliphatic rings. The lowest BCUT2D eigenvalue weighted by atomic mass is 10.2. The lowest BCUT2D eigenvalue weighted by Crippen LogP contribution is -2.16. The Labute approximate surface area is 54.7 Å². The molecule has 1 nitrogen and oxygen atoms in total. The molecule has 1 fully saturated rings. The third kappa shape index (κ3) is 1.26. The summed E-state index contributed by atoms with van der Waals surface area (Å²) in [4.78, 5) is 0.743. The maximum absolute atomic E-state index is 9.12. The van der Waals surface area contributed by atoms with Gasteiger partial charge >= 0.3 is 0 Å². The van der Waals surface area contributed by atoms with Crippen LogP contribution >= 0.6 is 12.2 Å². The highest BCUT2D eigenvalue weighted by atomic mass is 32.1. The smallest absolute Gasteiger partial charge is 0.0877 e. The average molecular weight is 130 g/mol. The standard InChI is InChI=1S/C6H10OS/c1-4(8)6(7)5-2-3-5/h5-7H,2-3H2,1H3. The van der Waals surface area contributed by atoms with Crippen molar-refractivity contribution >= 4 is 17.1 Å². The van der Waals surface area contributed by atoms with E-state index in [1.807, 2.05) is 0 Å². The third-order valence-electron chi connectivity index (χ3n) is 1.49. The van der Waals surface area contributed by atoms with Crippen molar-refractivity contribution in [3.63, 3.8) is 0 Å². The van der Waals surface area contributed by atoms with Gasteiger partial charge in [-0.2, -0.15) is 0 Å². The Morgan fingerprint density at radius 2 is 2.25 bits per heavy atom. The summed E-state index contributed by atoms with van der Waals surface area (Å²) in [5, 5.41) is 9.12. The molecular formula is C6H10OS. The first-order chi connectivity index (χ1) is 3.72. The van der Waals surface area contributed by atoms with Crippen LogP contribution in [0.5, 0.6) is 0 Å². The average Bonchev–Trinajstić information content (AvgIpc) is 2.43. The van der Waals surface area contributed by atoms with Gasteiger partial charge in [-0.05, 0) is 25.7 Å². The van der Waals surface area contributed by atoms with E-state index in [1.165, 1.54) is 0 Å². The molecule has 2 heteroatoms. The summed E-state index contributed by atoms with van der Waals surface area (Å²) in [6.45, 7) is 1.80. The summed E-state index contributed by atoms with van der Waals surface area (Å²) in [7, 11) is 0. The zero-order valence-electron chi connectivity index (χ0n) is 4.92. The first-order valence-corrected chi connectivity index (χ1v) is 3.31. The monoisotopic (exact) mass is 130 g/mol. The minimum absolute atomic E-state index is 0.287. The number of hydrogen-bond acceptors (Lipinski definition) is 2. The van der Waals surface area contributed by atoms with Crippen molar-refractivity contribution in [1.82, 2.24) is 0 Å². The van der Waals surface area contributed by atoms with E-state index in [1.54, 1.807) is 6.92 Å². The summed E-state index contributed by atoms with van der Waals surface area (Å²) in [6.07, 6.45) is 2.04. The highest BCUT2D eigenvalue weighted by Crippen LogP contribution is 2.32. The third-order valence-corrected chi connectivity index (χ3v) is 1.73. The van der Waals surface area contributed by atoms with Gasteiger partial charge in [0.25, 0.3) is 0 Å². The molecule has 0 aromatic rings. The molecule has 1 unspecified atom stereocenters. The highest BCUT2D eigenvalue weighted by Gasteiger charge is 2.30. The number of aliphatic hydroxyl groups is 1. The van der Waals surface area contributed by atoms with E-state index in [4.69, 9.17) is 17.3 Å². The van der Waals surface area contributed by atoms with Gasteiger partial charge in [0.15, 0.2) is 0 Å². The number of thiocarbonyl (C=S) groups is 1. The van der Waals surface area contributed by atoms with Gasteiger partial charge in [0.1, 0.15) is 0 Å². The molecule has 1 N–H and O–H groups in total. The summed E-state index contributed by atoms with van der Waals surface area (Å²) in [5.74, 6) is 0.507. The van der Waals surface area contributed by atoms with Crippen molar-refractivity contribution in [3.8, 4) is 0 Å². The van der Waals surface area contributed by atoms with Gasteiger partial charge < -0.3 is 5.11 Å². The highest BCUT2D eigenvalue weighted by molar-refractivity contribution is 7.80. The predicted octanol–water partition coefficient (Wildman–Crippen LogP) is 1.15. The van der Waals surface area contributed by atoms with Gasteiger partial charge in [0.2, 0.25) is 0 Å². The molecule has 1 saturated carbocycles. The van der Waals surface area contributed by atoms with Gasteiger partial charge in [-0.1, -0.05) is 12.2 Å². The molecule has 0 radical (unpaired) electrons. The zero-order valence-corrected chi connectivity index (χ0v) is 5.74. The van der Waals surface area contributed by atoms with E-state index in [9.17, 15) is 0 Å². The summed E-state index contributed by atoms with van der Waals surface area (Å²) < 4.78 is 0. The fourth-order valence-electron chi connectivity index (χ4n) is 0.744. The largest absolute Gasteiger partial charge is 0.388 e. The van der Waals surface area contributed by atoms with Crippen molar-refractivity contribution < 1.29 is 5.11 Å².